The molecule has 0 aliphatic carbocycles. The molecule has 0 atom stereocenters. The first-order valence-corrected chi connectivity index (χ1v) is 10.8. The zero-order valence-corrected chi connectivity index (χ0v) is 17.1. The van der Waals surface area contributed by atoms with Crippen molar-refractivity contribution in [1.82, 2.24) is 0 Å². The number of hydrogen-bond acceptors (Lipinski definition) is 4. The van der Waals surface area contributed by atoms with Crippen LogP contribution in [0.2, 0.25) is 0 Å². The van der Waals surface area contributed by atoms with Gasteiger partial charge in [0.1, 0.15) is 17.2 Å². The van der Waals surface area contributed by atoms with Gasteiger partial charge < -0.3 is 13.6 Å². The van der Waals surface area contributed by atoms with Crippen molar-refractivity contribution in [2.75, 3.05) is 0 Å². The summed E-state index contributed by atoms with van der Waals surface area (Å²) in [4.78, 5) is 0. The number of benzene rings is 4. The monoisotopic (exact) mass is 404 g/mol. The Morgan fingerprint density at radius 1 is 0.552 bits per heavy atom. The average Bonchev–Trinajstić information content (AvgIpc) is 2.71. The average molecular weight is 404 g/mol. The van der Waals surface area contributed by atoms with Crippen LogP contribution in [0.3, 0.4) is 0 Å². The molecule has 0 spiro atoms. The van der Waals surface area contributed by atoms with E-state index in [-0.39, 0.29) is 0 Å². The van der Waals surface area contributed by atoms with Crippen molar-refractivity contribution >= 4 is 18.6 Å². The lowest BCUT2D eigenvalue weighted by Crippen LogP contribution is -2.07. The zero-order valence-electron chi connectivity index (χ0n) is 16.2. The predicted molar refractivity (Wildman–Crippen MR) is 116 cm³/mol. The van der Waals surface area contributed by atoms with Gasteiger partial charge in [0.15, 0.2) is 0 Å². The van der Waals surface area contributed by atoms with Crippen molar-refractivity contribution in [3.63, 3.8) is 0 Å². The van der Waals surface area contributed by atoms with Gasteiger partial charge in [0.05, 0.1) is 0 Å². The lowest BCUT2D eigenvalue weighted by Gasteiger charge is -2.20. The van der Waals surface area contributed by atoms with E-state index >= 15 is 0 Å². The molecule has 0 amide bonds. The number of phosphoric acid groups is 1. The minimum absolute atomic E-state index is 0.409. The molecule has 5 heteroatoms. The van der Waals surface area contributed by atoms with Crippen molar-refractivity contribution in [2.24, 2.45) is 0 Å². The highest BCUT2D eigenvalue weighted by Gasteiger charge is 2.33. The van der Waals surface area contributed by atoms with E-state index in [0.717, 1.165) is 21.9 Å². The van der Waals surface area contributed by atoms with Gasteiger partial charge in [-0.05, 0) is 61.0 Å². The van der Waals surface area contributed by atoms with Crippen molar-refractivity contribution in [3.8, 4) is 17.2 Å². The van der Waals surface area contributed by atoms with Crippen LogP contribution < -0.4 is 13.6 Å². The molecule has 0 fully saturated rings. The van der Waals surface area contributed by atoms with Gasteiger partial charge in [0, 0.05) is 0 Å². The third-order valence-corrected chi connectivity index (χ3v) is 5.72. The zero-order chi connectivity index (χ0) is 20.3. The Labute approximate surface area is 170 Å². The Morgan fingerprint density at radius 3 is 1.55 bits per heavy atom. The number of hydrogen-bond donors (Lipinski definition) is 0. The second kappa shape index (κ2) is 8.02. The fraction of sp³-hybridized carbons (Fsp3) is 0.0833. The second-order valence-corrected chi connectivity index (χ2v) is 8.30. The first-order valence-electron chi connectivity index (χ1n) is 9.30. The third kappa shape index (κ3) is 4.79. The molecule has 29 heavy (non-hydrogen) atoms. The summed E-state index contributed by atoms with van der Waals surface area (Å²) in [6.07, 6.45) is 0. The molecular formula is C24H21O4P. The molecule has 0 bridgehead atoms. The minimum atomic E-state index is -3.99. The lowest BCUT2D eigenvalue weighted by molar-refractivity contribution is 0.298. The highest BCUT2D eigenvalue weighted by molar-refractivity contribution is 7.49. The van der Waals surface area contributed by atoms with Crippen LogP contribution in [0.5, 0.6) is 17.2 Å². The maximum absolute atomic E-state index is 13.6. The highest BCUT2D eigenvalue weighted by atomic mass is 31.2. The van der Waals surface area contributed by atoms with Crippen LogP contribution in [0.4, 0.5) is 0 Å². The van der Waals surface area contributed by atoms with E-state index < -0.39 is 7.82 Å². The smallest absolute Gasteiger partial charge is 0.386 e. The van der Waals surface area contributed by atoms with Crippen molar-refractivity contribution in [2.45, 2.75) is 13.8 Å². The van der Waals surface area contributed by atoms with Gasteiger partial charge in [0.25, 0.3) is 0 Å². The minimum Gasteiger partial charge on any atom is -0.386 e. The maximum atomic E-state index is 13.6. The van der Waals surface area contributed by atoms with E-state index in [1.807, 2.05) is 74.5 Å². The van der Waals surface area contributed by atoms with Crippen LogP contribution in [-0.4, -0.2) is 0 Å². The summed E-state index contributed by atoms with van der Waals surface area (Å²) in [5.41, 5.74) is 2.14. The van der Waals surface area contributed by atoms with Gasteiger partial charge in [-0.2, -0.15) is 4.57 Å². The van der Waals surface area contributed by atoms with Crippen LogP contribution in [0.15, 0.2) is 91.0 Å². The van der Waals surface area contributed by atoms with Crippen molar-refractivity contribution in [3.05, 3.63) is 102 Å². The molecule has 0 radical (unpaired) electrons. The molecule has 4 rings (SSSR count). The summed E-state index contributed by atoms with van der Waals surface area (Å²) in [5.74, 6) is 1.23. The van der Waals surface area contributed by atoms with Gasteiger partial charge in [-0.1, -0.05) is 65.7 Å². The molecule has 0 aromatic heterocycles. The Morgan fingerprint density at radius 2 is 1.00 bits per heavy atom. The van der Waals surface area contributed by atoms with Gasteiger partial charge in [-0.25, -0.2) is 0 Å². The fourth-order valence-corrected chi connectivity index (χ4v) is 4.11. The van der Waals surface area contributed by atoms with Gasteiger partial charge in [-0.15, -0.1) is 0 Å². The van der Waals surface area contributed by atoms with Crippen LogP contribution in [0.1, 0.15) is 11.1 Å². The quantitative estimate of drug-likeness (QED) is 0.322. The van der Waals surface area contributed by atoms with Crippen LogP contribution in [-0.2, 0) is 4.57 Å². The van der Waals surface area contributed by atoms with Crippen LogP contribution >= 0.6 is 7.82 Å². The number of rotatable bonds is 6. The fourth-order valence-electron chi connectivity index (χ4n) is 2.87. The van der Waals surface area contributed by atoms with E-state index in [9.17, 15) is 4.57 Å². The number of phosphoric ester groups is 1. The molecular weight excluding hydrogens is 383 g/mol. The molecule has 0 aliphatic rings. The topological polar surface area (TPSA) is 44.8 Å². The van der Waals surface area contributed by atoms with Gasteiger partial charge >= 0.3 is 7.82 Å². The molecule has 4 aromatic rings. The molecule has 0 aliphatic heterocycles. The van der Waals surface area contributed by atoms with E-state index in [4.69, 9.17) is 13.6 Å². The largest absolute Gasteiger partial charge is 0.647 e. The highest BCUT2D eigenvalue weighted by Crippen LogP contribution is 2.50. The van der Waals surface area contributed by atoms with Crippen LogP contribution in [0, 0.1) is 13.8 Å². The summed E-state index contributed by atoms with van der Waals surface area (Å²) in [6.45, 7) is 3.94. The Balaban J connectivity index is 1.66. The summed E-state index contributed by atoms with van der Waals surface area (Å²) in [5, 5.41) is 2.04. The van der Waals surface area contributed by atoms with Crippen molar-refractivity contribution < 1.29 is 18.1 Å². The number of fused-ring (bicyclic) bond motifs is 1. The molecule has 0 saturated heterocycles. The summed E-state index contributed by atoms with van der Waals surface area (Å²) >= 11 is 0. The van der Waals surface area contributed by atoms with E-state index in [0.29, 0.717) is 17.2 Å². The molecule has 4 nitrogen and oxygen atoms in total. The molecule has 0 saturated carbocycles. The molecule has 0 unspecified atom stereocenters. The molecule has 0 N–H and O–H groups in total. The first-order chi connectivity index (χ1) is 14.0. The molecule has 146 valence electrons. The predicted octanol–water partition coefficient (Wildman–Crippen LogP) is 7.10. The van der Waals surface area contributed by atoms with E-state index in [1.165, 1.54) is 0 Å². The Hall–Kier alpha value is -3.23. The number of aryl methyl sites for hydroxylation is 2. The first kappa shape index (κ1) is 19.1. The van der Waals surface area contributed by atoms with Crippen molar-refractivity contribution in [1.29, 1.82) is 0 Å². The molecule has 4 aromatic carbocycles. The summed E-state index contributed by atoms with van der Waals surface area (Å²) in [7, 11) is -3.99. The van der Waals surface area contributed by atoms with Gasteiger partial charge in [-0.3, -0.25) is 0 Å². The Kier molecular flexibility index (Phi) is 5.28. The summed E-state index contributed by atoms with van der Waals surface area (Å²) < 4.78 is 30.8. The molecule has 0 heterocycles. The SMILES string of the molecule is Cc1ccc(OP(=O)(Oc2ccc(C)cc2)Oc2ccc3ccccc3c2)cc1. The standard InChI is InChI=1S/C24H21O4P/c1-18-7-12-22(13-8-18)26-29(25,27-23-14-9-19(2)10-15-23)28-24-16-11-20-5-3-4-6-21(20)17-24/h3-17H,1-2H3. The van der Waals surface area contributed by atoms with E-state index in [2.05, 4.69) is 0 Å². The second-order valence-electron chi connectivity index (χ2n) is 6.86. The van der Waals surface area contributed by atoms with E-state index in [1.54, 1.807) is 30.3 Å². The van der Waals surface area contributed by atoms with Crippen LogP contribution in [0.25, 0.3) is 10.8 Å². The Bertz CT molecular complexity index is 1120. The summed E-state index contributed by atoms with van der Waals surface area (Å²) in [6, 6.07) is 27.8. The third-order valence-electron chi connectivity index (χ3n) is 4.41. The lowest BCUT2D eigenvalue weighted by atomic mass is 10.1. The normalized spacial score (nSPS) is 11.2. The maximum Gasteiger partial charge on any atom is 0.647 e. The van der Waals surface area contributed by atoms with Gasteiger partial charge in [0.2, 0.25) is 0 Å².